The van der Waals surface area contributed by atoms with Crippen LogP contribution < -0.4 is 5.32 Å². The Labute approximate surface area is 114 Å². The molecule has 0 saturated heterocycles. The Bertz CT molecular complexity index is 510. The summed E-state index contributed by atoms with van der Waals surface area (Å²) in [5.41, 5.74) is 2.54. The van der Waals surface area contributed by atoms with Crippen LogP contribution in [0.4, 0.5) is 0 Å². The number of nitrogens with one attached hydrogen (secondary N) is 1. The molecule has 1 unspecified atom stereocenters. The van der Waals surface area contributed by atoms with E-state index >= 15 is 0 Å². The van der Waals surface area contributed by atoms with Crippen molar-refractivity contribution in [2.45, 2.75) is 33.4 Å². The third-order valence-corrected chi connectivity index (χ3v) is 3.29. The first-order valence-corrected chi connectivity index (χ1v) is 6.60. The summed E-state index contributed by atoms with van der Waals surface area (Å²) in [6.07, 6.45) is 1.80. The molecule has 0 spiro atoms. The summed E-state index contributed by atoms with van der Waals surface area (Å²) in [6, 6.07) is 10.9. The molecule has 0 bridgehead atoms. The molecule has 0 radical (unpaired) electrons. The molecule has 0 aliphatic rings. The summed E-state index contributed by atoms with van der Waals surface area (Å²) < 4.78 is 1.80. The molecule has 1 atom stereocenters. The van der Waals surface area contributed by atoms with E-state index in [1.807, 2.05) is 13.1 Å². The lowest BCUT2D eigenvalue weighted by Crippen LogP contribution is -2.32. The van der Waals surface area contributed by atoms with Gasteiger partial charge in [0.15, 0.2) is 0 Å². The first-order chi connectivity index (χ1) is 8.98. The Morgan fingerprint density at radius 3 is 2.42 bits per heavy atom. The maximum absolute atomic E-state index is 3.96. The number of hydrogen-bond acceptors (Lipinski definition) is 3. The highest BCUT2D eigenvalue weighted by molar-refractivity contribution is 5.21. The second kappa shape index (κ2) is 5.53. The van der Waals surface area contributed by atoms with Crippen LogP contribution in [0.25, 0.3) is 0 Å². The van der Waals surface area contributed by atoms with Gasteiger partial charge in [0.2, 0.25) is 0 Å². The molecule has 0 saturated carbocycles. The Morgan fingerprint density at radius 1 is 1.21 bits per heavy atom. The van der Waals surface area contributed by atoms with Crippen LogP contribution in [-0.4, -0.2) is 15.0 Å². The maximum Gasteiger partial charge on any atom is 0.0738 e. The van der Waals surface area contributed by atoms with E-state index < -0.39 is 0 Å². The Balaban J connectivity index is 2.14. The molecule has 102 valence electrons. The molecule has 1 heterocycles. The van der Waals surface area contributed by atoms with Gasteiger partial charge in [-0.25, -0.2) is 0 Å². The minimum absolute atomic E-state index is 0.146. The predicted molar refractivity (Wildman–Crippen MR) is 76.5 cm³/mol. The molecule has 1 N–H and O–H groups in total. The average Bonchev–Trinajstić information content (AvgIpc) is 2.75. The van der Waals surface area contributed by atoms with E-state index in [9.17, 15) is 0 Å². The lowest BCUT2D eigenvalue weighted by molar-refractivity contribution is 0.269. The molecule has 0 aliphatic heterocycles. The van der Waals surface area contributed by atoms with Crippen molar-refractivity contribution in [3.63, 3.8) is 0 Å². The fourth-order valence-corrected chi connectivity index (χ4v) is 2.25. The van der Waals surface area contributed by atoms with E-state index in [1.165, 1.54) is 5.56 Å². The summed E-state index contributed by atoms with van der Waals surface area (Å²) in [4.78, 5) is 0. The normalized spacial score (nSPS) is 13.5. The van der Waals surface area contributed by atoms with Crippen LogP contribution in [0.5, 0.6) is 0 Å². The Morgan fingerprint density at radius 2 is 1.89 bits per heavy atom. The topological polar surface area (TPSA) is 42.7 Å². The monoisotopic (exact) mass is 258 g/mol. The Hall–Kier alpha value is -1.68. The van der Waals surface area contributed by atoms with E-state index in [2.05, 4.69) is 60.7 Å². The quantitative estimate of drug-likeness (QED) is 0.917. The van der Waals surface area contributed by atoms with Crippen LogP contribution in [0.3, 0.4) is 0 Å². The fraction of sp³-hybridized carbons (Fsp3) is 0.467. The van der Waals surface area contributed by atoms with Crippen LogP contribution in [0.15, 0.2) is 36.5 Å². The first-order valence-electron chi connectivity index (χ1n) is 6.60. The number of aromatic nitrogens is 3. The van der Waals surface area contributed by atoms with Crippen molar-refractivity contribution in [1.82, 2.24) is 20.3 Å². The maximum atomic E-state index is 3.96. The third-order valence-electron chi connectivity index (χ3n) is 3.29. The average molecular weight is 258 g/mol. The van der Waals surface area contributed by atoms with Gasteiger partial charge >= 0.3 is 0 Å². The first kappa shape index (κ1) is 13.7. The fourth-order valence-electron chi connectivity index (χ4n) is 2.25. The van der Waals surface area contributed by atoms with Crippen LogP contribution in [-0.2, 0) is 13.6 Å². The number of hydrogen-bond donors (Lipinski definition) is 1. The summed E-state index contributed by atoms with van der Waals surface area (Å²) in [6.45, 7) is 7.51. The lowest BCUT2D eigenvalue weighted by atomic mass is 9.82. The van der Waals surface area contributed by atoms with Crippen molar-refractivity contribution >= 4 is 0 Å². The summed E-state index contributed by atoms with van der Waals surface area (Å²) in [7, 11) is 1.92. The van der Waals surface area contributed by atoms with Crippen molar-refractivity contribution in [2.24, 2.45) is 12.5 Å². The van der Waals surface area contributed by atoms with Crippen molar-refractivity contribution in [2.75, 3.05) is 0 Å². The van der Waals surface area contributed by atoms with Crippen LogP contribution in [0.1, 0.15) is 38.1 Å². The lowest BCUT2D eigenvalue weighted by Gasteiger charge is -2.32. The van der Waals surface area contributed by atoms with E-state index in [0.29, 0.717) is 6.04 Å². The highest BCUT2D eigenvalue weighted by Gasteiger charge is 2.25. The molecule has 1 aromatic heterocycles. The van der Waals surface area contributed by atoms with Gasteiger partial charge in [0, 0.05) is 19.6 Å². The smallest absolute Gasteiger partial charge is 0.0738 e. The van der Waals surface area contributed by atoms with Crippen molar-refractivity contribution in [3.8, 4) is 0 Å². The highest BCUT2D eigenvalue weighted by atomic mass is 15.4. The number of aryl methyl sites for hydroxylation is 1. The van der Waals surface area contributed by atoms with Gasteiger partial charge in [-0.3, -0.25) is 4.68 Å². The van der Waals surface area contributed by atoms with Gasteiger partial charge in [0.05, 0.1) is 11.9 Å². The van der Waals surface area contributed by atoms with Gasteiger partial charge < -0.3 is 5.32 Å². The standard InChI is InChI=1S/C15H22N4/c1-15(2,3)14(12-8-6-5-7-9-12)16-10-13-11-17-18-19(13)4/h5-9,11,14,16H,10H2,1-4H3. The van der Waals surface area contributed by atoms with Crippen LogP contribution in [0.2, 0.25) is 0 Å². The number of benzene rings is 1. The summed E-state index contributed by atoms with van der Waals surface area (Å²) in [5.74, 6) is 0. The van der Waals surface area contributed by atoms with Crippen molar-refractivity contribution in [3.05, 3.63) is 47.8 Å². The van der Waals surface area contributed by atoms with Crippen LogP contribution >= 0.6 is 0 Å². The zero-order valence-electron chi connectivity index (χ0n) is 12.1. The van der Waals surface area contributed by atoms with Gasteiger partial charge in [-0.05, 0) is 11.0 Å². The van der Waals surface area contributed by atoms with E-state index in [1.54, 1.807) is 10.9 Å². The molecule has 19 heavy (non-hydrogen) atoms. The van der Waals surface area contributed by atoms with Gasteiger partial charge in [0.25, 0.3) is 0 Å². The van der Waals surface area contributed by atoms with Gasteiger partial charge in [-0.1, -0.05) is 56.3 Å². The zero-order chi connectivity index (χ0) is 13.9. The van der Waals surface area contributed by atoms with Gasteiger partial charge in [-0.2, -0.15) is 0 Å². The molecule has 2 rings (SSSR count). The molecule has 4 heteroatoms. The minimum atomic E-state index is 0.146. The van der Waals surface area contributed by atoms with Crippen molar-refractivity contribution < 1.29 is 0 Å². The SMILES string of the molecule is Cn1nncc1CNC(c1ccccc1)C(C)(C)C. The van der Waals surface area contributed by atoms with E-state index in [0.717, 1.165) is 12.2 Å². The zero-order valence-corrected chi connectivity index (χ0v) is 12.1. The summed E-state index contributed by atoms with van der Waals surface area (Å²) >= 11 is 0. The van der Waals surface area contributed by atoms with Gasteiger partial charge in [-0.15, -0.1) is 5.10 Å². The second-order valence-corrected chi connectivity index (χ2v) is 5.94. The molecule has 2 aromatic rings. The molecule has 1 aromatic carbocycles. The molecule has 0 fully saturated rings. The van der Waals surface area contributed by atoms with Crippen molar-refractivity contribution in [1.29, 1.82) is 0 Å². The second-order valence-electron chi connectivity index (χ2n) is 5.94. The molecule has 4 nitrogen and oxygen atoms in total. The Kier molecular flexibility index (Phi) is 4.00. The molecular weight excluding hydrogens is 236 g/mol. The predicted octanol–water partition coefficient (Wildman–Crippen LogP) is 2.69. The largest absolute Gasteiger partial charge is 0.304 e. The van der Waals surface area contributed by atoms with E-state index in [-0.39, 0.29) is 5.41 Å². The molecular formula is C15H22N4. The molecule has 0 amide bonds. The summed E-state index contributed by atoms with van der Waals surface area (Å²) in [5, 5.41) is 11.5. The molecule has 0 aliphatic carbocycles. The third kappa shape index (κ3) is 3.41. The minimum Gasteiger partial charge on any atom is -0.304 e. The number of nitrogens with zero attached hydrogens (tertiary/aromatic N) is 3. The van der Waals surface area contributed by atoms with Crippen LogP contribution in [0, 0.1) is 5.41 Å². The van der Waals surface area contributed by atoms with E-state index in [4.69, 9.17) is 0 Å². The van der Waals surface area contributed by atoms with Gasteiger partial charge in [0.1, 0.15) is 0 Å². The highest BCUT2D eigenvalue weighted by Crippen LogP contribution is 2.32. The number of rotatable bonds is 4.